The van der Waals surface area contributed by atoms with Crippen molar-refractivity contribution in [2.45, 2.75) is 25.0 Å². The van der Waals surface area contributed by atoms with Gasteiger partial charge in [0, 0.05) is 0 Å². The molecule has 14 heteroatoms. The van der Waals surface area contributed by atoms with Gasteiger partial charge in [0.1, 0.15) is 17.9 Å². The Hall–Kier alpha value is -1.36. The highest BCUT2D eigenvalue weighted by atomic mass is 31.3. The highest BCUT2D eigenvalue weighted by Gasteiger charge is 2.35. The zero-order valence-electron chi connectivity index (χ0n) is 12.7. The normalized spacial score (nSPS) is 23.8. The fourth-order valence-corrected chi connectivity index (χ4v) is 4.22. The molecular weight excluding hydrogens is 378 g/mol. The number of phosphoric ester groups is 1. The van der Waals surface area contributed by atoms with Crippen LogP contribution < -0.4 is 5.73 Å². The van der Waals surface area contributed by atoms with Crippen LogP contribution >= 0.6 is 15.6 Å². The highest BCUT2D eigenvalue weighted by Crippen LogP contribution is 2.57. The summed E-state index contributed by atoms with van der Waals surface area (Å²) in [6.07, 6.45) is 1.54. The fraction of sp³-hybridized carbons (Fsp3) is 0.455. The van der Waals surface area contributed by atoms with Gasteiger partial charge in [-0.2, -0.15) is 9.41 Å². The van der Waals surface area contributed by atoms with E-state index in [1.807, 2.05) is 0 Å². The predicted octanol–water partition coefficient (Wildman–Crippen LogP) is 0.758. The van der Waals surface area contributed by atoms with Crippen LogP contribution in [0.2, 0.25) is 0 Å². The van der Waals surface area contributed by atoms with Crippen LogP contribution in [0.25, 0.3) is 5.52 Å². The van der Waals surface area contributed by atoms with Crippen molar-refractivity contribution in [1.29, 1.82) is 0 Å². The molecule has 1 fully saturated rings. The predicted molar refractivity (Wildman–Crippen MR) is 83.2 cm³/mol. The third kappa shape index (κ3) is 4.43. The quantitative estimate of drug-likeness (QED) is 0.508. The Balaban J connectivity index is 1.63. The summed E-state index contributed by atoms with van der Waals surface area (Å²) in [5.41, 5.74) is 7.15. The molecule has 2 aromatic rings. The molecule has 3 heterocycles. The second-order valence-corrected chi connectivity index (χ2v) is 8.19. The molecule has 0 aromatic carbocycles. The van der Waals surface area contributed by atoms with Gasteiger partial charge in [0.25, 0.3) is 0 Å². The van der Waals surface area contributed by atoms with E-state index in [2.05, 4.69) is 18.9 Å². The minimum absolute atomic E-state index is 0.329. The van der Waals surface area contributed by atoms with Crippen molar-refractivity contribution in [3.05, 3.63) is 24.2 Å². The van der Waals surface area contributed by atoms with Gasteiger partial charge in [-0.15, -0.1) is 0 Å². The van der Waals surface area contributed by atoms with Gasteiger partial charge in [-0.25, -0.2) is 18.6 Å². The molecule has 12 nitrogen and oxygen atoms in total. The maximum absolute atomic E-state index is 11.4. The SMILES string of the molecule is Nc1ncnn2c([C@H]3CCC(COP(=O)(O)OP(=O)(O)O)O3)ccc12. The van der Waals surface area contributed by atoms with Gasteiger partial charge >= 0.3 is 15.6 Å². The van der Waals surface area contributed by atoms with E-state index in [0.717, 1.165) is 5.69 Å². The summed E-state index contributed by atoms with van der Waals surface area (Å²) in [5, 5.41) is 4.12. The maximum atomic E-state index is 11.4. The van der Waals surface area contributed by atoms with Crippen molar-refractivity contribution in [2.75, 3.05) is 12.3 Å². The third-order valence-electron chi connectivity index (χ3n) is 3.58. The highest BCUT2D eigenvalue weighted by molar-refractivity contribution is 7.60. The lowest BCUT2D eigenvalue weighted by Crippen LogP contribution is -2.15. The minimum Gasteiger partial charge on any atom is -0.382 e. The molecule has 25 heavy (non-hydrogen) atoms. The lowest BCUT2D eigenvalue weighted by molar-refractivity contribution is 0.00777. The van der Waals surface area contributed by atoms with Crippen molar-refractivity contribution in [2.24, 2.45) is 0 Å². The Morgan fingerprint density at radius 3 is 2.80 bits per heavy atom. The van der Waals surface area contributed by atoms with Gasteiger partial charge in [-0.05, 0) is 25.0 Å². The Kier molecular flexibility index (Phi) is 4.97. The van der Waals surface area contributed by atoms with Crippen molar-refractivity contribution < 1.29 is 37.4 Å². The molecule has 0 spiro atoms. The Morgan fingerprint density at radius 2 is 2.08 bits per heavy atom. The Bertz CT molecular complexity index is 867. The second kappa shape index (κ2) is 6.75. The van der Waals surface area contributed by atoms with Crippen molar-refractivity contribution in [3.63, 3.8) is 0 Å². The molecule has 0 bridgehead atoms. The Morgan fingerprint density at radius 1 is 1.32 bits per heavy atom. The lowest BCUT2D eigenvalue weighted by atomic mass is 10.1. The van der Waals surface area contributed by atoms with Crippen molar-refractivity contribution in [3.8, 4) is 0 Å². The number of fused-ring (bicyclic) bond motifs is 1. The molecule has 5 N–H and O–H groups in total. The van der Waals surface area contributed by atoms with E-state index in [1.165, 1.54) is 6.33 Å². The fourth-order valence-electron chi connectivity index (χ4n) is 2.60. The summed E-state index contributed by atoms with van der Waals surface area (Å²) in [7, 11) is -10.0. The van der Waals surface area contributed by atoms with Crippen molar-refractivity contribution >= 4 is 27.0 Å². The van der Waals surface area contributed by atoms with Gasteiger partial charge in [0.15, 0.2) is 5.82 Å². The number of hydrogen-bond acceptors (Lipinski definition) is 8. The van der Waals surface area contributed by atoms with E-state index in [1.54, 1.807) is 16.6 Å². The molecule has 0 aliphatic carbocycles. The van der Waals surface area contributed by atoms with E-state index in [-0.39, 0.29) is 12.7 Å². The van der Waals surface area contributed by atoms with Gasteiger partial charge < -0.3 is 25.2 Å². The number of ether oxygens (including phenoxy) is 1. The molecule has 0 radical (unpaired) electrons. The molecule has 1 aliphatic rings. The van der Waals surface area contributed by atoms with Crippen LogP contribution in [0.15, 0.2) is 18.5 Å². The lowest BCUT2D eigenvalue weighted by Gasteiger charge is -2.16. The largest absolute Gasteiger partial charge is 0.481 e. The van der Waals surface area contributed by atoms with E-state index >= 15 is 0 Å². The number of nitrogens with zero attached hydrogens (tertiary/aromatic N) is 3. The average molecular weight is 394 g/mol. The van der Waals surface area contributed by atoms with Gasteiger partial charge in [-0.1, -0.05) is 0 Å². The molecule has 3 rings (SSSR count). The molecule has 1 aliphatic heterocycles. The molecule has 1 saturated heterocycles. The Labute approximate surface area is 141 Å². The topological polar surface area (TPSA) is 179 Å². The standard InChI is InChI=1S/C11H16N4O8P2/c12-11-9-3-2-8(15(9)14-6-13-11)10-4-1-7(22-10)5-21-25(19,20)23-24(16,17)18/h2-3,6-7,10H,1,4-5H2,(H,19,20)(H2,12,13,14)(H2,16,17,18)/t7?,10-/m1/s1. The number of hydrogen-bond donors (Lipinski definition) is 4. The van der Waals surface area contributed by atoms with E-state index < -0.39 is 21.7 Å². The summed E-state index contributed by atoms with van der Waals surface area (Å²) in [6.45, 7) is -0.356. The summed E-state index contributed by atoms with van der Waals surface area (Å²) >= 11 is 0. The molecule has 2 unspecified atom stereocenters. The number of nitrogen functional groups attached to an aromatic ring is 1. The van der Waals surface area contributed by atoms with Gasteiger partial charge in [0.2, 0.25) is 0 Å². The van der Waals surface area contributed by atoms with Crippen molar-refractivity contribution in [1.82, 2.24) is 14.6 Å². The molecule has 0 saturated carbocycles. The summed E-state index contributed by atoms with van der Waals surface area (Å²) in [6, 6.07) is 3.55. The van der Waals surface area contributed by atoms with E-state index in [0.29, 0.717) is 24.2 Å². The van der Waals surface area contributed by atoms with Crippen LogP contribution in [0.1, 0.15) is 24.6 Å². The first-order chi connectivity index (χ1) is 11.6. The molecule has 2 aromatic heterocycles. The first kappa shape index (κ1) is 18.4. The van der Waals surface area contributed by atoms with Crippen LogP contribution in [-0.2, 0) is 22.7 Å². The van der Waals surface area contributed by atoms with Gasteiger partial charge in [0.05, 0.1) is 18.4 Å². The number of aromatic nitrogens is 3. The maximum Gasteiger partial charge on any atom is 0.481 e. The number of phosphoric acid groups is 2. The van der Waals surface area contributed by atoms with Crippen LogP contribution in [0, 0.1) is 0 Å². The summed E-state index contributed by atoms with van der Waals surface area (Å²) < 4.78 is 37.7. The van der Waals surface area contributed by atoms with Crippen LogP contribution in [-0.4, -0.2) is 42.0 Å². The van der Waals surface area contributed by atoms with E-state index in [4.69, 9.17) is 20.3 Å². The van der Waals surface area contributed by atoms with E-state index in [9.17, 15) is 14.0 Å². The number of nitrogens with two attached hydrogens (primary N) is 1. The first-order valence-electron chi connectivity index (χ1n) is 7.12. The second-order valence-electron chi connectivity index (χ2n) is 5.36. The van der Waals surface area contributed by atoms with Crippen LogP contribution in [0.4, 0.5) is 5.82 Å². The number of rotatable bonds is 6. The zero-order valence-corrected chi connectivity index (χ0v) is 14.5. The molecular formula is C11H16N4O8P2. The van der Waals surface area contributed by atoms with Crippen LogP contribution in [0.3, 0.4) is 0 Å². The molecule has 138 valence electrons. The van der Waals surface area contributed by atoms with Gasteiger partial charge in [-0.3, -0.25) is 4.52 Å². The average Bonchev–Trinajstić information content (AvgIpc) is 3.09. The smallest absolute Gasteiger partial charge is 0.382 e. The third-order valence-corrected chi connectivity index (χ3v) is 5.73. The summed E-state index contributed by atoms with van der Waals surface area (Å²) in [4.78, 5) is 30.3. The summed E-state index contributed by atoms with van der Waals surface area (Å²) in [5.74, 6) is 0.329. The van der Waals surface area contributed by atoms with Crippen LogP contribution in [0.5, 0.6) is 0 Å². The molecule has 3 atom stereocenters. The minimum atomic E-state index is -5.14. The molecule has 0 amide bonds. The number of anilines is 1. The monoisotopic (exact) mass is 394 g/mol. The zero-order chi connectivity index (χ0) is 18.2. The first-order valence-corrected chi connectivity index (χ1v) is 10.1.